The van der Waals surface area contributed by atoms with Crippen LogP contribution in [-0.4, -0.2) is 13.1 Å². The van der Waals surface area contributed by atoms with Crippen molar-refractivity contribution in [1.29, 1.82) is 0 Å². The van der Waals surface area contributed by atoms with E-state index in [0.29, 0.717) is 10.6 Å². The molecule has 0 saturated carbocycles. The largest absolute Gasteiger partial charge is 0.465 e. The van der Waals surface area contributed by atoms with Crippen molar-refractivity contribution in [3.8, 4) is 0 Å². The third-order valence-electron chi connectivity index (χ3n) is 1.65. The molecule has 0 heterocycles. The molecular weight excluding hydrogens is 188 g/mol. The van der Waals surface area contributed by atoms with E-state index < -0.39 is 5.97 Å². The van der Waals surface area contributed by atoms with Crippen LogP contribution in [0.1, 0.15) is 10.4 Å². The molecule has 0 aliphatic rings. The smallest absolute Gasteiger partial charge is 0.341 e. The summed E-state index contributed by atoms with van der Waals surface area (Å²) in [4.78, 5) is 11.7. The fourth-order valence-electron chi connectivity index (χ4n) is 0.941. The van der Waals surface area contributed by atoms with E-state index in [4.69, 9.17) is 11.5 Å². The molecule has 1 rings (SSSR count). The summed E-state index contributed by atoms with van der Waals surface area (Å²) in [6.07, 6.45) is 0. The van der Waals surface area contributed by atoms with E-state index >= 15 is 0 Å². The van der Waals surface area contributed by atoms with Gasteiger partial charge in [0.05, 0.1) is 24.0 Å². The molecule has 0 saturated heterocycles. The number of carbonyl (C=O) groups is 1. The maximum absolute atomic E-state index is 11.2. The number of ether oxygens (including phenoxy) is 1. The molecule has 0 amide bonds. The van der Waals surface area contributed by atoms with E-state index in [-0.39, 0.29) is 11.3 Å². The zero-order valence-electron chi connectivity index (χ0n) is 7.07. The van der Waals surface area contributed by atoms with Crippen LogP contribution >= 0.6 is 12.6 Å². The lowest BCUT2D eigenvalue weighted by atomic mass is 10.1. The van der Waals surface area contributed by atoms with Gasteiger partial charge in [-0.05, 0) is 12.1 Å². The molecule has 4 N–H and O–H groups in total. The van der Waals surface area contributed by atoms with E-state index in [0.717, 1.165) is 0 Å². The summed E-state index contributed by atoms with van der Waals surface area (Å²) < 4.78 is 4.53. The number of anilines is 2. The van der Waals surface area contributed by atoms with Gasteiger partial charge < -0.3 is 16.2 Å². The fourth-order valence-corrected chi connectivity index (χ4v) is 1.23. The number of nitrogens with two attached hydrogens (primary N) is 2. The first-order valence-electron chi connectivity index (χ1n) is 3.53. The van der Waals surface area contributed by atoms with Crippen molar-refractivity contribution >= 4 is 30.0 Å². The molecule has 0 spiro atoms. The number of hydrogen-bond donors (Lipinski definition) is 3. The second-order valence-electron chi connectivity index (χ2n) is 2.45. The Balaban J connectivity index is 3.33. The summed E-state index contributed by atoms with van der Waals surface area (Å²) in [5, 5.41) is 0. The Labute approximate surface area is 81.3 Å². The second-order valence-corrected chi connectivity index (χ2v) is 2.94. The van der Waals surface area contributed by atoms with Gasteiger partial charge in [0.15, 0.2) is 0 Å². The SMILES string of the molecule is COC(=O)c1c(S)ccc(N)c1N. The van der Waals surface area contributed by atoms with Gasteiger partial charge in [-0.25, -0.2) is 4.79 Å². The predicted octanol–water partition coefficient (Wildman–Crippen LogP) is 0.926. The van der Waals surface area contributed by atoms with Gasteiger partial charge >= 0.3 is 5.97 Å². The maximum Gasteiger partial charge on any atom is 0.341 e. The molecule has 0 radical (unpaired) electrons. The van der Waals surface area contributed by atoms with Gasteiger partial charge in [0, 0.05) is 4.90 Å². The van der Waals surface area contributed by atoms with Crippen molar-refractivity contribution in [3.05, 3.63) is 17.7 Å². The topological polar surface area (TPSA) is 78.3 Å². The third kappa shape index (κ3) is 1.70. The van der Waals surface area contributed by atoms with Crippen LogP contribution in [-0.2, 0) is 4.74 Å². The van der Waals surface area contributed by atoms with Crippen LogP contribution in [0.3, 0.4) is 0 Å². The molecule has 0 aliphatic carbocycles. The number of methoxy groups -OCH3 is 1. The summed E-state index contributed by atoms with van der Waals surface area (Å²) in [5.41, 5.74) is 11.9. The zero-order chi connectivity index (χ0) is 10.0. The monoisotopic (exact) mass is 198 g/mol. The van der Waals surface area contributed by atoms with Crippen molar-refractivity contribution in [2.45, 2.75) is 4.90 Å². The number of hydrogen-bond acceptors (Lipinski definition) is 5. The van der Waals surface area contributed by atoms with E-state index in [1.165, 1.54) is 7.11 Å². The Kier molecular flexibility index (Phi) is 2.67. The van der Waals surface area contributed by atoms with Crippen LogP contribution in [0, 0.1) is 0 Å². The van der Waals surface area contributed by atoms with Crippen molar-refractivity contribution in [2.75, 3.05) is 18.6 Å². The Morgan fingerprint density at radius 2 is 2.08 bits per heavy atom. The normalized spacial score (nSPS) is 9.69. The zero-order valence-corrected chi connectivity index (χ0v) is 7.97. The van der Waals surface area contributed by atoms with E-state index in [9.17, 15) is 4.79 Å². The van der Waals surface area contributed by atoms with E-state index in [2.05, 4.69) is 17.4 Å². The van der Waals surface area contributed by atoms with Gasteiger partial charge in [0.1, 0.15) is 0 Å². The highest BCUT2D eigenvalue weighted by molar-refractivity contribution is 7.80. The van der Waals surface area contributed by atoms with Gasteiger partial charge in [0.25, 0.3) is 0 Å². The van der Waals surface area contributed by atoms with Gasteiger partial charge in [0.2, 0.25) is 0 Å². The molecule has 5 heteroatoms. The lowest BCUT2D eigenvalue weighted by molar-refractivity contribution is 0.0598. The average Bonchev–Trinajstić information content (AvgIpc) is 2.12. The highest BCUT2D eigenvalue weighted by Crippen LogP contribution is 2.26. The van der Waals surface area contributed by atoms with Crippen LogP contribution in [0.15, 0.2) is 17.0 Å². The van der Waals surface area contributed by atoms with E-state index in [1.54, 1.807) is 12.1 Å². The first-order chi connectivity index (χ1) is 6.07. The molecular formula is C8H10N2O2S. The Hall–Kier alpha value is -1.36. The number of esters is 1. The molecule has 0 unspecified atom stereocenters. The molecule has 13 heavy (non-hydrogen) atoms. The summed E-state index contributed by atoms with van der Waals surface area (Å²) >= 11 is 4.07. The van der Waals surface area contributed by atoms with Crippen molar-refractivity contribution in [2.24, 2.45) is 0 Å². The molecule has 4 nitrogen and oxygen atoms in total. The van der Waals surface area contributed by atoms with Gasteiger partial charge in [-0.3, -0.25) is 0 Å². The summed E-state index contributed by atoms with van der Waals surface area (Å²) in [6.45, 7) is 0. The Morgan fingerprint density at radius 3 is 2.62 bits per heavy atom. The van der Waals surface area contributed by atoms with Crippen molar-refractivity contribution < 1.29 is 9.53 Å². The number of nitrogen functional groups attached to an aromatic ring is 2. The summed E-state index contributed by atoms with van der Waals surface area (Å²) in [7, 11) is 1.28. The fraction of sp³-hybridized carbons (Fsp3) is 0.125. The minimum Gasteiger partial charge on any atom is -0.465 e. The molecule has 0 fully saturated rings. The summed E-state index contributed by atoms with van der Waals surface area (Å²) in [5.74, 6) is -0.533. The lowest BCUT2D eigenvalue weighted by Gasteiger charge is -2.08. The van der Waals surface area contributed by atoms with Crippen molar-refractivity contribution in [1.82, 2.24) is 0 Å². The lowest BCUT2D eigenvalue weighted by Crippen LogP contribution is -2.08. The highest BCUT2D eigenvalue weighted by Gasteiger charge is 2.15. The minimum atomic E-state index is -0.533. The molecule has 0 bridgehead atoms. The molecule has 1 aromatic carbocycles. The summed E-state index contributed by atoms with van der Waals surface area (Å²) in [6, 6.07) is 3.19. The number of rotatable bonds is 1. The Bertz CT molecular complexity index is 352. The molecule has 0 aromatic heterocycles. The first-order valence-corrected chi connectivity index (χ1v) is 3.98. The molecule has 1 aromatic rings. The maximum atomic E-state index is 11.2. The number of carbonyl (C=O) groups excluding carboxylic acids is 1. The van der Waals surface area contributed by atoms with Gasteiger partial charge in [-0.1, -0.05) is 0 Å². The predicted molar refractivity (Wildman–Crippen MR) is 53.9 cm³/mol. The van der Waals surface area contributed by atoms with Crippen LogP contribution in [0.25, 0.3) is 0 Å². The van der Waals surface area contributed by atoms with Crippen LogP contribution in [0.5, 0.6) is 0 Å². The highest BCUT2D eigenvalue weighted by atomic mass is 32.1. The van der Waals surface area contributed by atoms with Crippen molar-refractivity contribution in [3.63, 3.8) is 0 Å². The minimum absolute atomic E-state index is 0.208. The number of thiol groups is 1. The standard InChI is InChI=1S/C8H10N2O2S/c1-12-8(11)6-5(13)3-2-4(9)7(6)10/h2-3,13H,9-10H2,1H3. The molecule has 70 valence electrons. The van der Waals surface area contributed by atoms with Gasteiger partial charge in [-0.15, -0.1) is 12.6 Å². The first kappa shape index (κ1) is 9.73. The van der Waals surface area contributed by atoms with Crippen LogP contribution in [0.4, 0.5) is 11.4 Å². The number of benzene rings is 1. The average molecular weight is 198 g/mol. The van der Waals surface area contributed by atoms with E-state index in [1.807, 2.05) is 0 Å². The molecule has 0 atom stereocenters. The third-order valence-corrected chi connectivity index (χ3v) is 2.02. The van der Waals surface area contributed by atoms with Crippen LogP contribution in [0.2, 0.25) is 0 Å². The Morgan fingerprint density at radius 1 is 1.46 bits per heavy atom. The second kappa shape index (κ2) is 3.57. The van der Waals surface area contributed by atoms with Gasteiger partial charge in [-0.2, -0.15) is 0 Å². The quantitative estimate of drug-likeness (QED) is 0.356. The van der Waals surface area contributed by atoms with Crippen LogP contribution < -0.4 is 11.5 Å². The molecule has 0 aliphatic heterocycles.